The lowest BCUT2D eigenvalue weighted by Crippen LogP contribution is -2.55. The van der Waals surface area contributed by atoms with E-state index in [-0.39, 0.29) is 11.6 Å². The lowest BCUT2D eigenvalue weighted by atomic mass is 9.92. The quantitative estimate of drug-likeness (QED) is 0.219. The maximum Gasteiger partial charge on any atom is 0.380 e. The van der Waals surface area contributed by atoms with Crippen LogP contribution in [0.25, 0.3) is 0 Å². The third kappa shape index (κ3) is 6.54. The van der Waals surface area contributed by atoms with Gasteiger partial charge in [0.25, 0.3) is 0 Å². The molecule has 0 radical (unpaired) electrons. The number of esters is 1. The largest absolute Gasteiger partial charge is 0.463 e. The highest BCUT2D eigenvalue weighted by atomic mass is 31.2. The summed E-state index contributed by atoms with van der Waals surface area (Å²) >= 11 is 0. The molecule has 1 aliphatic heterocycles. The average molecular weight is 538 g/mol. The molecule has 2 heterocycles. The van der Waals surface area contributed by atoms with Crippen LogP contribution in [-0.4, -0.2) is 62.4 Å². The molecule has 1 unspecified atom stereocenters. The van der Waals surface area contributed by atoms with Crippen LogP contribution in [0.5, 0.6) is 5.75 Å². The first-order chi connectivity index (χ1) is 18.1. The van der Waals surface area contributed by atoms with Gasteiger partial charge in [-0.1, -0.05) is 31.0 Å². The van der Waals surface area contributed by atoms with Gasteiger partial charge >= 0.3 is 19.3 Å². The van der Waals surface area contributed by atoms with Gasteiger partial charge in [0.2, 0.25) is 0 Å². The second kappa shape index (κ2) is 11.4. The third-order valence-corrected chi connectivity index (χ3v) is 7.08. The molecule has 5 N–H and O–H groups in total. The number of nitrogen functional groups attached to an aromatic ring is 1. The molecule has 1 aromatic carbocycles. The predicted molar refractivity (Wildman–Crippen MR) is 132 cm³/mol. The first-order valence-corrected chi connectivity index (χ1v) is 12.9. The molecule has 0 spiro atoms. The van der Waals surface area contributed by atoms with E-state index in [2.05, 4.69) is 16.0 Å². The van der Waals surface area contributed by atoms with E-state index < -0.39 is 68.0 Å². The molecule has 0 bridgehead atoms. The number of para-hydroxylation sites is 1. The van der Waals surface area contributed by atoms with Crippen LogP contribution in [0.4, 0.5) is 5.82 Å². The van der Waals surface area contributed by atoms with E-state index in [4.69, 9.17) is 39.2 Å². The van der Waals surface area contributed by atoms with Gasteiger partial charge in [-0.15, -0.1) is 6.42 Å². The predicted octanol–water partition coefficient (Wildman–Crippen LogP) is 0.686. The highest BCUT2D eigenvalue weighted by Gasteiger charge is 2.55. The van der Waals surface area contributed by atoms with Crippen LogP contribution in [0.2, 0.25) is 0 Å². The Kier molecular flexibility index (Phi) is 7.83. The van der Waals surface area contributed by atoms with Crippen molar-refractivity contribution in [1.29, 1.82) is 0 Å². The third-order valence-electron chi connectivity index (χ3n) is 5.21. The Labute approximate surface area is 216 Å². The van der Waals surface area contributed by atoms with E-state index in [9.17, 15) is 19.3 Å². The van der Waals surface area contributed by atoms with Gasteiger partial charge in [-0.3, -0.25) is 9.32 Å². The minimum atomic E-state index is -4.53. The van der Waals surface area contributed by atoms with Gasteiger partial charge in [-0.25, -0.2) is 9.36 Å². The number of terminal acetylenes is 1. The summed E-state index contributed by atoms with van der Waals surface area (Å²) in [6, 6.07) is 7.75. The molecule has 0 saturated carbocycles. The van der Waals surface area contributed by atoms with Gasteiger partial charge in [0.15, 0.2) is 11.8 Å². The van der Waals surface area contributed by atoms with Crippen molar-refractivity contribution in [3.8, 4) is 18.1 Å². The molecule has 200 valence electrons. The topological polar surface area (TPSA) is 191 Å². The molecule has 13 nitrogen and oxygen atoms in total. The van der Waals surface area contributed by atoms with Crippen LogP contribution in [-0.2, 0) is 23.4 Å². The van der Waals surface area contributed by atoms with Crippen LogP contribution in [0.15, 0.2) is 41.3 Å². The smallest absolute Gasteiger partial charge is 0.380 e. The second-order valence-corrected chi connectivity index (χ2v) is 10.6. The average Bonchev–Trinajstić information content (AvgIpc) is 3.10. The van der Waals surface area contributed by atoms with E-state index in [1.165, 1.54) is 19.1 Å². The zero-order valence-electron chi connectivity index (χ0n) is 22.4. The van der Waals surface area contributed by atoms with Crippen LogP contribution in [0.1, 0.15) is 29.7 Å². The summed E-state index contributed by atoms with van der Waals surface area (Å²) in [5.41, 5.74) is 8.40. The Bertz CT molecular complexity index is 1340. The van der Waals surface area contributed by atoms with Crippen molar-refractivity contribution in [2.45, 2.75) is 50.8 Å². The summed E-state index contributed by atoms with van der Waals surface area (Å²) in [5, 5.41) is 14.7. The Morgan fingerprint density at radius 1 is 1.41 bits per heavy atom. The molecule has 14 heteroatoms. The monoisotopic (exact) mass is 537 g/mol. The minimum Gasteiger partial charge on any atom is -0.463 e. The Morgan fingerprint density at radius 3 is 2.68 bits per heavy atom. The lowest BCUT2D eigenvalue weighted by molar-refractivity contribution is -0.151. The first kappa shape index (κ1) is 25.4. The van der Waals surface area contributed by atoms with Crippen molar-refractivity contribution >= 4 is 19.4 Å². The number of carbonyl (C=O) groups excluding carboxylic acids is 1. The van der Waals surface area contributed by atoms with Gasteiger partial charge in [0.05, 0.1) is 33.7 Å². The summed E-state index contributed by atoms with van der Waals surface area (Å²) in [6.45, 7) is 1.59. The number of hydrogen-bond acceptors (Lipinski definition) is 12. The molecule has 0 aliphatic carbocycles. The zero-order valence-corrected chi connectivity index (χ0v) is 21.3. The van der Waals surface area contributed by atoms with Crippen molar-refractivity contribution in [3.63, 3.8) is 0 Å². The fraction of sp³-hybridized carbons (Fsp3) is 0.478. The summed E-state index contributed by atoms with van der Waals surface area (Å²) in [6.07, 6.45) is -0.210. The van der Waals surface area contributed by atoms with E-state index in [1.807, 2.05) is 0 Å². The minimum absolute atomic E-state index is 0.0623. The number of ether oxygens (including phenoxy) is 2. The van der Waals surface area contributed by atoms with Crippen molar-refractivity contribution in [2.24, 2.45) is 11.7 Å². The standard InChI is InChI=1S/C23H30N5O8P/c1-5-23(25)19(29)17(35-21(23)28-22(31)27-18(24)11-26-28)12-33-37(32,36-16-9-7-6-8-10-16)13-15(4)20(30)34-14(2)3/h1,6-11,14-15,17,19,21,29H,12-13,25H2,2-4H3,(H2,24,27,31)/t15-,17-,19+,21-,23?,37+/m1/s1/i12D2. The molecule has 2 aromatic rings. The number of nitrogens with zero attached hydrogens (tertiary/aromatic N) is 3. The van der Waals surface area contributed by atoms with Crippen molar-refractivity contribution in [1.82, 2.24) is 14.8 Å². The maximum atomic E-state index is 13.9. The Hall–Kier alpha value is -3.27. The summed E-state index contributed by atoms with van der Waals surface area (Å²) in [7, 11) is -4.53. The summed E-state index contributed by atoms with van der Waals surface area (Å²) in [5.74, 6) is 0.213. The van der Waals surface area contributed by atoms with Gasteiger partial charge in [0.1, 0.15) is 23.8 Å². The molecule has 1 saturated heterocycles. The molecular weight excluding hydrogens is 505 g/mol. The van der Waals surface area contributed by atoms with Crippen LogP contribution < -0.4 is 21.7 Å². The fourth-order valence-electron chi connectivity index (χ4n) is 3.38. The van der Waals surface area contributed by atoms with Crippen molar-refractivity contribution in [3.05, 3.63) is 47.0 Å². The molecular formula is C23H30N5O8P. The summed E-state index contributed by atoms with van der Waals surface area (Å²) in [4.78, 5) is 28.3. The van der Waals surface area contributed by atoms with Crippen LogP contribution in [0.3, 0.4) is 0 Å². The number of nitrogens with two attached hydrogens (primary N) is 2. The number of anilines is 1. The van der Waals surface area contributed by atoms with Gasteiger partial charge in [0, 0.05) is 0 Å². The SMILES string of the molecule is [2H]C([2H])(O[P@@](=O)(C[C@@H](C)C(=O)OC(C)C)Oc1ccccc1)[C@H]1O[C@@H](n2ncc(N)nc2=O)C(N)(C#C)[C@H]1O. The van der Waals surface area contributed by atoms with Crippen LogP contribution >= 0.6 is 7.60 Å². The van der Waals surface area contributed by atoms with E-state index >= 15 is 0 Å². The van der Waals surface area contributed by atoms with E-state index in [1.54, 1.807) is 32.0 Å². The molecule has 37 heavy (non-hydrogen) atoms. The number of aliphatic hydroxyl groups excluding tert-OH is 1. The molecule has 3 rings (SSSR count). The van der Waals surface area contributed by atoms with E-state index in [0.29, 0.717) is 4.68 Å². The molecule has 6 atom stereocenters. The van der Waals surface area contributed by atoms with Crippen LogP contribution in [0, 0.1) is 18.3 Å². The number of rotatable bonds is 10. The van der Waals surface area contributed by atoms with Gasteiger partial charge < -0.3 is 30.6 Å². The number of carbonyl (C=O) groups is 1. The Balaban J connectivity index is 1.96. The van der Waals surface area contributed by atoms with Crippen molar-refractivity contribution in [2.75, 3.05) is 18.5 Å². The van der Waals surface area contributed by atoms with Gasteiger partial charge in [-0.05, 0) is 26.0 Å². The number of aromatic nitrogens is 3. The molecule has 1 aliphatic rings. The summed E-state index contributed by atoms with van der Waals surface area (Å²) < 4.78 is 53.3. The number of benzene rings is 1. The fourth-order valence-corrected chi connectivity index (χ4v) is 5.09. The molecule has 1 fully saturated rings. The first-order valence-electron chi connectivity index (χ1n) is 12.2. The zero-order chi connectivity index (χ0) is 29.2. The highest BCUT2D eigenvalue weighted by Crippen LogP contribution is 2.51. The van der Waals surface area contributed by atoms with Gasteiger partial charge in [-0.2, -0.15) is 14.8 Å². The maximum absolute atomic E-state index is 13.9. The van der Waals surface area contributed by atoms with E-state index in [0.717, 1.165) is 6.20 Å². The number of hydrogen-bond donors (Lipinski definition) is 3. The lowest BCUT2D eigenvalue weighted by Gasteiger charge is -2.27. The molecule has 1 aromatic heterocycles. The van der Waals surface area contributed by atoms with Crippen molar-refractivity contribution < 1.29 is 35.7 Å². The highest BCUT2D eigenvalue weighted by molar-refractivity contribution is 7.54. The molecule has 0 amide bonds. The second-order valence-electron chi connectivity index (χ2n) is 8.63. The Morgan fingerprint density at radius 2 is 2.08 bits per heavy atom. The normalized spacial score (nSPS) is 26.9. The number of aliphatic hydroxyl groups is 1.